The Hall–Kier alpha value is -2.86. The number of anilines is 1. The average Bonchev–Trinajstić information content (AvgIpc) is 3.03. The highest BCUT2D eigenvalue weighted by atomic mass is 35.5. The normalized spacial score (nSPS) is 16.4. The Labute approximate surface area is 162 Å². The zero-order valence-corrected chi connectivity index (χ0v) is 15.5. The molecule has 2 aromatic rings. The number of halogens is 1. The summed E-state index contributed by atoms with van der Waals surface area (Å²) in [5.74, 6) is -1.67. The lowest BCUT2D eigenvalue weighted by Gasteiger charge is -2.22. The molecule has 1 aliphatic rings. The Balaban J connectivity index is 1.66. The zero-order chi connectivity index (χ0) is 19.6. The summed E-state index contributed by atoms with van der Waals surface area (Å²) < 4.78 is 0. The SMILES string of the molecule is CN(Cc1ccc(C(=O)O)cc1)C(=O)C1CC(=O)N(c2ccccc2Cl)C1. The van der Waals surface area contributed by atoms with Gasteiger partial charge in [-0.15, -0.1) is 0 Å². The van der Waals surface area contributed by atoms with E-state index >= 15 is 0 Å². The topological polar surface area (TPSA) is 77.9 Å². The molecule has 0 saturated carbocycles. The van der Waals surface area contributed by atoms with Crippen LogP contribution >= 0.6 is 11.6 Å². The Morgan fingerprint density at radius 1 is 1.19 bits per heavy atom. The minimum absolute atomic E-state index is 0.124. The van der Waals surface area contributed by atoms with Crippen LogP contribution < -0.4 is 4.90 Å². The molecule has 1 heterocycles. The fraction of sp³-hybridized carbons (Fsp3) is 0.250. The average molecular weight is 387 g/mol. The maximum absolute atomic E-state index is 12.8. The molecule has 1 atom stereocenters. The third-order valence-electron chi connectivity index (χ3n) is 4.61. The Bertz CT molecular complexity index is 882. The summed E-state index contributed by atoms with van der Waals surface area (Å²) in [7, 11) is 1.68. The van der Waals surface area contributed by atoms with Crippen molar-refractivity contribution in [1.29, 1.82) is 0 Å². The Morgan fingerprint density at radius 2 is 1.85 bits per heavy atom. The van der Waals surface area contributed by atoms with E-state index in [9.17, 15) is 14.4 Å². The number of aromatic carboxylic acids is 1. The molecule has 0 aliphatic carbocycles. The molecule has 1 aliphatic heterocycles. The first-order valence-corrected chi connectivity index (χ1v) is 8.86. The second-order valence-electron chi connectivity index (χ2n) is 6.55. The number of carboxylic acids is 1. The molecule has 7 heteroatoms. The second-order valence-corrected chi connectivity index (χ2v) is 6.96. The quantitative estimate of drug-likeness (QED) is 0.856. The van der Waals surface area contributed by atoms with Crippen molar-refractivity contribution in [3.63, 3.8) is 0 Å². The molecule has 3 rings (SSSR count). The number of carbonyl (C=O) groups excluding carboxylic acids is 2. The van der Waals surface area contributed by atoms with Crippen molar-refractivity contribution in [3.05, 3.63) is 64.7 Å². The molecule has 1 fully saturated rings. The van der Waals surface area contributed by atoms with E-state index in [2.05, 4.69) is 0 Å². The standard InChI is InChI=1S/C20H19ClN2O4/c1-22(11-13-6-8-14(9-7-13)20(26)27)19(25)15-10-18(24)23(12-15)17-5-3-2-4-16(17)21/h2-9,15H,10-12H2,1H3,(H,26,27). The number of nitrogens with zero attached hydrogens (tertiary/aromatic N) is 2. The third-order valence-corrected chi connectivity index (χ3v) is 4.93. The summed E-state index contributed by atoms with van der Waals surface area (Å²) >= 11 is 6.17. The molecule has 27 heavy (non-hydrogen) atoms. The van der Waals surface area contributed by atoms with E-state index in [-0.39, 0.29) is 23.8 Å². The molecule has 1 saturated heterocycles. The molecule has 6 nitrogen and oxygen atoms in total. The van der Waals surface area contributed by atoms with Crippen LogP contribution in [0.25, 0.3) is 0 Å². The van der Waals surface area contributed by atoms with Gasteiger partial charge in [-0.2, -0.15) is 0 Å². The van der Waals surface area contributed by atoms with Gasteiger partial charge < -0.3 is 14.9 Å². The first-order valence-electron chi connectivity index (χ1n) is 8.49. The third kappa shape index (κ3) is 4.11. The van der Waals surface area contributed by atoms with Crippen LogP contribution in [0.3, 0.4) is 0 Å². The van der Waals surface area contributed by atoms with Crippen LogP contribution in [0.5, 0.6) is 0 Å². The van der Waals surface area contributed by atoms with Crippen molar-refractivity contribution in [3.8, 4) is 0 Å². The van der Waals surface area contributed by atoms with Gasteiger partial charge in [0.15, 0.2) is 0 Å². The van der Waals surface area contributed by atoms with Gasteiger partial charge in [0.25, 0.3) is 0 Å². The van der Waals surface area contributed by atoms with E-state index < -0.39 is 11.9 Å². The van der Waals surface area contributed by atoms with Crippen LogP contribution in [0.1, 0.15) is 22.3 Å². The fourth-order valence-electron chi connectivity index (χ4n) is 3.19. The van der Waals surface area contributed by atoms with E-state index in [1.54, 1.807) is 53.2 Å². The number of rotatable bonds is 5. The molecule has 0 bridgehead atoms. The molecule has 1 N–H and O–H groups in total. The number of hydrogen-bond donors (Lipinski definition) is 1. The second kappa shape index (κ2) is 7.80. The first-order chi connectivity index (χ1) is 12.9. The van der Waals surface area contributed by atoms with E-state index in [4.69, 9.17) is 16.7 Å². The lowest BCUT2D eigenvalue weighted by molar-refractivity contribution is -0.135. The van der Waals surface area contributed by atoms with Crippen LogP contribution in [0.15, 0.2) is 48.5 Å². The van der Waals surface area contributed by atoms with Crippen LogP contribution in [-0.2, 0) is 16.1 Å². The molecule has 140 valence electrons. The maximum atomic E-state index is 12.8. The minimum atomic E-state index is -0.991. The van der Waals surface area contributed by atoms with Gasteiger partial charge in [0.05, 0.1) is 22.2 Å². The molecular formula is C20H19ClN2O4. The molecule has 2 amide bonds. The van der Waals surface area contributed by atoms with Crippen molar-refractivity contribution in [2.45, 2.75) is 13.0 Å². The first kappa shape index (κ1) is 18.9. The van der Waals surface area contributed by atoms with Crippen molar-refractivity contribution in [2.75, 3.05) is 18.5 Å². The number of benzene rings is 2. The summed E-state index contributed by atoms with van der Waals surface area (Å²) in [6, 6.07) is 13.5. The monoisotopic (exact) mass is 386 g/mol. The van der Waals surface area contributed by atoms with Gasteiger partial charge in [-0.25, -0.2) is 4.79 Å². The highest BCUT2D eigenvalue weighted by molar-refractivity contribution is 6.33. The lowest BCUT2D eigenvalue weighted by Crippen LogP contribution is -2.34. The van der Waals surface area contributed by atoms with Crippen molar-refractivity contribution >= 4 is 35.1 Å². The molecule has 0 aromatic heterocycles. The number of amides is 2. The Kier molecular flexibility index (Phi) is 5.46. The van der Waals surface area contributed by atoms with Crippen LogP contribution in [0.4, 0.5) is 5.69 Å². The largest absolute Gasteiger partial charge is 0.478 e. The summed E-state index contributed by atoms with van der Waals surface area (Å²) in [6.07, 6.45) is 0.145. The van der Waals surface area contributed by atoms with E-state index in [1.807, 2.05) is 0 Å². The van der Waals surface area contributed by atoms with Gasteiger partial charge in [-0.05, 0) is 29.8 Å². The molecule has 2 aromatic carbocycles. The van der Waals surface area contributed by atoms with Crippen molar-refractivity contribution < 1.29 is 19.5 Å². The van der Waals surface area contributed by atoms with Crippen LogP contribution in [0, 0.1) is 5.92 Å². The van der Waals surface area contributed by atoms with Crippen molar-refractivity contribution in [1.82, 2.24) is 4.90 Å². The van der Waals surface area contributed by atoms with Gasteiger partial charge in [0.2, 0.25) is 11.8 Å². The summed E-state index contributed by atoms with van der Waals surface area (Å²) in [4.78, 5) is 39.1. The number of carboxylic acid groups (broad SMARTS) is 1. The summed E-state index contributed by atoms with van der Waals surface area (Å²) in [5, 5.41) is 9.42. The number of hydrogen-bond acceptors (Lipinski definition) is 3. The maximum Gasteiger partial charge on any atom is 0.335 e. The fourth-order valence-corrected chi connectivity index (χ4v) is 3.43. The Morgan fingerprint density at radius 3 is 2.48 bits per heavy atom. The number of para-hydroxylation sites is 1. The molecule has 0 radical (unpaired) electrons. The van der Waals surface area contributed by atoms with Gasteiger partial charge in [-0.1, -0.05) is 35.9 Å². The van der Waals surface area contributed by atoms with Gasteiger partial charge in [0.1, 0.15) is 0 Å². The van der Waals surface area contributed by atoms with E-state index in [1.165, 1.54) is 12.1 Å². The highest BCUT2D eigenvalue weighted by Crippen LogP contribution is 2.31. The van der Waals surface area contributed by atoms with E-state index in [0.29, 0.717) is 23.8 Å². The minimum Gasteiger partial charge on any atom is -0.478 e. The van der Waals surface area contributed by atoms with Crippen LogP contribution in [0.2, 0.25) is 5.02 Å². The van der Waals surface area contributed by atoms with Crippen LogP contribution in [-0.4, -0.2) is 41.4 Å². The molecule has 0 spiro atoms. The summed E-state index contributed by atoms with van der Waals surface area (Å²) in [6.45, 7) is 0.638. The predicted octanol–water partition coefficient (Wildman–Crippen LogP) is 3.05. The highest BCUT2D eigenvalue weighted by Gasteiger charge is 2.37. The predicted molar refractivity (Wildman–Crippen MR) is 102 cm³/mol. The van der Waals surface area contributed by atoms with E-state index in [0.717, 1.165) is 5.56 Å². The van der Waals surface area contributed by atoms with Gasteiger partial charge in [-0.3, -0.25) is 9.59 Å². The van der Waals surface area contributed by atoms with Crippen molar-refractivity contribution in [2.24, 2.45) is 5.92 Å². The molecule has 1 unspecified atom stereocenters. The number of carbonyl (C=O) groups is 3. The molecular weight excluding hydrogens is 368 g/mol. The summed E-state index contributed by atoms with van der Waals surface area (Å²) in [5.41, 5.74) is 1.64. The zero-order valence-electron chi connectivity index (χ0n) is 14.8. The van der Waals surface area contributed by atoms with Gasteiger partial charge in [0, 0.05) is 26.6 Å². The lowest BCUT2D eigenvalue weighted by atomic mass is 10.1. The smallest absolute Gasteiger partial charge is 0.335 e. The van der Waals surface area contributed by atoms with Gasteiger partial charge >= 0.3 is 5.97 Å².